The van der Waals surface area contributed by atoms with Crippen LogP contribution in [0.5, 0.6) is 0 Å². The number of allylic oxidation sites excluding steroid dienone is 1. The minimum Gasteiger partial charge on any atom is -0.464 e. The molecule has 3 amide bonds. The van der Waals surface area contributed by atoms with E-state index in [4.69, 9.17) is 13.9 Å². The van der Waals surface area contributed by atoms with E-state index in [9.17, 15) is 19.2 Å². The van der Waals surface area contributed by atoms with E-state index in [1.165, 1.54) is 4.90 Å². The summed E-state index contributed by atoms with van der Waals surface area (Å²) in [5.74, 6) is -1.36. The van der Waals surface area contributed by atoms with E-state index < -0.39 is 49.5 Å². The van der Waals surface area contributed by atoms with Crippen molar-refractivity contribution < 1.29 is 33.1 Å². The molecule has 2 heterocycles. The molecule has 5 atom stereocenters. The van der Waals surface area contributed by atoms with Crippen molar-refractivity contribution in [2.24, 2.45) is 5.92 Å². The molecule has 0 aromatic heterocycles. The van der Waals surface area contributed by atoms with Crippen molar-refractivity contribution in [1.82, 2.24) is 15.5 Å². The van der Waals surface area contributed by atoms with Crippen LogP contribution in [0.2, 0.25) is 18.1 Å². The Kier molecular flexibility index (Phi) is 10.1. The summed E-state index contributed by atoms with van der Waals surface area (Å²) < 4.78 is 17.5. The smallest absolute Gasteiger partial charge is 0.408 e. The number of carbonyl (C=O) groups excluding carboxylic acids is 4. The molecule has 0 bridgehead atoms. The zero-order chi connectivity index (χ0) is 30.8. The van der Waals surface area contributed by atoms with Gasteiger partial charge in [-0.3, -0.25) is 9.59 Å². The molecule has 11 heteroatoms. The van der Waals surface area contributed by atoms with Crippen molar-refractivity contribution in [2.75, 3.05) is 13.2 Å². The Morgan fingerprint density at radius 3 is 2.44 bits per heavy atom. The van der Waals surface area contributed by atoms with Gasteiger partial charge in [-0.15, -0.1) is 0 Å². The Balaban J connectivity index is 1.94. The van der Waals surface area contributed by atoms with Crippen LogP contribution < -0.4 is 10.6 Å². The Bertz CT molecular complexity index is 1030. The standard InChI is InChI=1S/C30H51N3O7Si/c1-10-38-26(36)30-18-20(30)15-13-11-12-14-16-22(31-27(37)39-28(2,3)4)25(35)33-19-21(17-23(33)24(34)32-30)40-41(8,9)29(5,6)7/h13,15,20-23H,10-12,14,16-19H2,1-9H3,(H,31,37)(H,32,34)/b15-13-/t20-,21-,22+,23+,30-/m1/s1. The molecule has 2 N–H and O–H groups in total. The van der Waals surface area contributed by atoms with E-state index in [2.05, 4.69) is 44.5 Å². The molecule has 232 valence electrons. The summed E-state index contributed by atoms with van der Waals surface area (Å²) in [7, 11) is -2.21. The molecule has 3 aliphatic rings. The number of alkyl carbamates (subject to hydrolysis) is 1. The molecule has 1 saturated heterocycles. The molecule has 1 aliphatic carbocycles. The summed E-state index contributed by atoms with van der Waals surface area (Å²) in [6.45, 7) is 18.2. The zero-order valence-electron chi connectivity index (χ0n) is 26.4. The SMILES string of the molecule is CCOC(=O)[C@@]12C[C@H]1/C=C\CCCC[C@H](NC(=O)OC(C)(C)C)C(=O)N1C[C@H](O[Si](C)(C)C(C)(C)C)C[C@H]1C(=O)N2. The Labute approximate surface area is 246 Å². The maximum Gasteiger partial charge on any atom is 0.408 e. The second-order valence-electron chi connectivity index (χ2n) is 14.1. The summed E-state index contributed by atoms with van der Waals surface area (Å²) >= 11 is 0. The molecule has 1 saturated carbocycles. The monoisotopic (exact) mass is 593 g/mol. The van der Waals surface area contributed by atoms with Crippen LogP contribution in [0, 0.1) is 5.92 Å². The van der Waals surface area contributed by atoms with Gasteiger partial charge < -0.3 is 29.4 Å². The molecule has 0 spiro atoms. The van der Waals surface area contributed by atoms with Crippen LogP contribution in [0.15, 0.2) is 12.2 Å². The van der Waals surface area contributed by atoms with Crippen molar-refractivity contribution >= 4 is 32.2 Å². The largest absolute Gasteiger partial charge is 0.464 e. The van der Waals surface area contributed by atoms with Gasteiger partial charge >= 0.3 is 12.1 Å². The lowest BCUT2D eigenvalue weighted by Gasteiger charge is -2.38. The van der Waals surface area contributed by atoms with Crippen LogP contribution >= 0.6 is 0 Å². The molecule has 0 radical (unpaired) electrons. The third-order valence-electron chi connectivity index (χ3n) is 8.59. The number of nitrogens with one attached hydrogen (secondary N) is 2. The van der Waals surface area contributed by atoms with E-state index in [0.717, 1.165) is 12.8 Å². The summed E-state index contributed by atoms with van der Waals surface area (Å²) in [5, 5.41) is 5.70. The van der Waals surface area contributed by atoms with E-state index >= 15 is 0 Å². The van der Waals surface area contributed by atoms with E-state index in [1.807, 2.05) is 12.2 Å². The maximum absolute atomic E-state index is 14.1. The fourth-order valence-corrected chi connectivity index (χ4v) is 6.62. The Morgan fingerprint density at radius 1 is 1.15 bits per heavy atom. The van der Waals surface area contributed by atoms with Crippen LogP contribution in [-0.4, -0.2) is 79.6 Å². The summed E-state index contributed by atoms with van der Waals surface area (Å²) in [4.78, 5) is 55.3. The molecular formula is C30H51N3O7Si. The van der Waals surface area contributed by atoms with Gasteiger partial charge in [0.1, 0.15) is 23.2 Å². The quantitative estimate of drug-likeness (QED) is 0.274. The van der Waals surface area contributed by atoms with Crippen LogP contribution in [0.25, 0.3) is 0 Å². The highest BCUT2D eigenvalue weighted by Crippen LogP contribution is 2.46. The van der Waals surface area contributed by atoms with Gasteiger partial charge in [0.15, 0.2) is 8.32 Å². The molecule has 41 heavy (non-hydrogen) atoms. The number of fused-ring (bicyclic) bond motifs is 2. The molecule has 0 aromatic rings. The lowest BCUT2D eigenvalue weighted by atomic mass is 10.0. The number of rotatable bonds is 5. The first kappa shape index (κ1) is 33.1. The second kappa shape index (κ2) is 12.4. The van der Waals surface area contributed by atoms with Crippen molar-refractivity contribution in [1.29, 1.82) is 0 Å². The number of nitrogens with zero attached hydrogens (tertiary/aromatic N) is 1. The highest BCUT2D eigenvalue weighted by molar-refractivity contribution is 6.74. The lowest BCUT2D eigenvalue weighted by Crippen LogP contribution is -2.56. The number of hydrogen-bond acceptors (Lipinski definition) is 7. The number of carbonyl (C=O) groups is 4. The van der Waals surface area contributed by atoms with Gasteiger partial charge in [0, 0.05) is 18.9 Å². The van der Waals surface area contributed by atoms with E-state index in [-0.39, 0.29) is 36.1 Å². The topological polar surface area (TPSA) is 123 Å². The van der Waals surface area contributed by atoms with Crippen LogP contribution in [0.3, 0.4) is 0 Å². The van der Waals surface area contributed by atoms with Gasteiger partial charge in [-0.2, -0.15) is 0 Å². The number of hydrogen-bond donors (Lipinski definition) is 2. The van der Waals surface area contributed by atoms with Crippen molar-refractivity contribution in [2.45, 2.75) is 134 Å². The average Bonchev–Trinajstić information content (AvgIpc) is 3.36. The maximum atomic E-state index is 14.1. The van der Waals surface area contributed by atoms with E-state index in [0.29, 0.717) is 25.7 Å². The first-order valence-corrected chi connectivity index (χ1v) is 17.9. The van der Waals surface area contributed by atoms with E-state index in [1.54, 1.807) is 27.7 Å². The van der Waals surface area contributed by atoms with Crippen LogP contribution in [0.1, 0.15) is 87.0 Å². The second-order valence-corrected chi connectivity index (χ2v) is 18.9. The van der Waals surface area contributed by atoms with Gasteiger partial charge in [0.25, 0.3) is 0 Å². The van der Waals surface area contributed by atoms with Crippen LogP contribution in [0.4, 0.5) is 4.79 Å². The van der Waals surface area contributed by atoms with Gasteiger partial charge in [0.05, 0.1) is 12.7 Å². The molecular weight excluding hydrogens is 542 g/mol. The summed E-state index contributed by atoms with van der Waals surface area (Å²) in [6, 6.07) is -1.70. The van der Waals surface area contributed by atoms with Gasteiger partial charge in [-0.25, -0.2) is 9.59 Å². The fourth-order valence-electron chi connectivity index (χ4n) is 5.26. The molecule has 3 rings (SSSR count). The third kappa shape index (κ3) is 8.12. The third-order valence-corrected chi connectivity index (χ3v) is 13.1. The summed E-state index contributed by atoms with van der Waals surface area (Å²) in [6.07, 6.45) is 6.43. The minimum atomic E-state index is -2.21. The van der Waals surface area contributed by atoms with Crippen molar-refractivity contribution in [3.8, 4) is 0 Å². The number of esters is 1. The molecule has 0 unspecified atom stereocenters. The molecule has 2 aliphatic heterocycles. The van der Waals surface area contributed by atoms with Crippen molar-refractivity contribution in [3.05, 3.63) is 12.2 Å². The van der Waals surface area contributed by atoms with Gasteiger partial charge in [0.2, 0.25) is 11.8 Å². The predicted molar refractivity (Wildman–Crippen MR) is 159 cm³/mol. The van der Waals surface area contributed by atoms with Crippen LogP contribution in [-0.2, 0) is 28.3 Å². The Morgan fingerprint density at radius 2 is 1.83 bits per heavy atom. The minimum absolute atomic E-state index is 0.0558. The van der Waals surface area contributed by atoms with Gasteiger partial charge in [-0.1, -0.05) is 39.3 Å². The number of ether oxygens (including phenoxy) is 2. The number of amides is 3. The predicted octanol–water partition coefficient (Wildman–Crippen LogP) is 4.44. The first-order chi connectivity index (χ1) is 18.9. The van der Waals surface area contributed by atoms with Gasteiger partial charge in [-0.05, 0) is 71.5 Å². The summed E-state index contributed by atoms with van der Waals surface area (Å²) in [5.41, 5.74) is -1.85. The highest BCUT2D eigenvalue weighted by Gasteiger charge is 2.62. The Hall–Kier alpha value is -2.40. The normalized spacial score (nSPS) is 30.3. The highest BCUT2D eigenvalue weighted by atomic mass is 28.4. The molecule has 10 nitrogen and oxygen atoms in total. The molecule has 0 aromatic carbocycles. The molecule has 2 fully saturated rings. The zero-order valence-corrected chi connectivity index (χ0v) is 27.4. The average molecular weight is 594 g/mol. The lowest BCUT2D eigenvalue weighted by molar-refractivity contribution is -0.150. The fraction of sp³-hybridized carbons (Fsp3) is 0.800. The first-order valence-electron chi connectivity index (χ1n) is 15.0. The van der Waals surface area contributed by atoms with Crippen molar-refractivity contribution in [3.63, 3.8) is 0 Å².